The van der Waals surface area contributed by atoms with Gasteiger partial charge in [-0.15, -0.1) is 0 Å². The zero-order valence-electron chi connectivity index (χ0n) is 6.85. The van der Waals surface area contributed by atoms with Gasteiger partial charge in [0.25, 0.3) is 0 Å². The first-order valence-electron chi connectivity index (χ1n) is 3.29. The maximum absolute atomic E-state index is 10.8. The summed E-state index contributed by atoms with van der Waals surface area (Å²) in [6, 6.07) is 0. The van der Waals surface area contributed by atoms with E-state index >= 15 is 0 Å². The number of hydrogen-bond acceptors (Lipinski definition) is 4. The van der Waals surface area contributed by atoms with Gasteiger partial charge in [-0.3, -0.25) is 4.79 Å². The van der Waals surface area contributed by atoms with E-state index in [1.165, 1.54) is 0 Å². The number of nitrogens with zero attached hydrogens (tertiary/aromatic N) is 1. The first-order chi connectivity index (χ1) is 6.00. The molecule has 0 aliphatic carbocycles. The molecule has 0 aromatic heterocycles. The van der Waals surface area contributed by atoms with Crippen LogP contribution in [0.4, 0.5) is 0 Å². The van der Waals surface area contributed by atoms with Gasteiger partial charge in [-0.1, -0.05) is 0 Å². The minimum atomic E-state index is -1.41. The second-order valence-electron chi connectivity index (χ2n) is 2.34. The number of carboxylic acids is 2. The molecule has 1 aliphatic heterocycles. The van der Waals surface area contributed by atoms with Gasteiger partial charge >= 0.3 is 11.9 Å². The molecule has 0 radical (unpaired) electrons. The second kappa shape index (κ2) is 4.28. The number of rotatable bonds is 2. The molecule has 4 N–H and O–H groups in total. The summed E-state index contributed by atoms with van der Waals surface area (Å²) < 4.78 is 0. The van der Waals surface area contributed by atoms with Crippen molar-refractivity contribution in [2.24, 2.45) is 4.99 Å². The smallest absolute Gasteiger partial charge is 0.354 e. The van der Waals surface area contributed by atoms with Crippen LogP contribution >= 0.6 is 0 Å². The van der Waals surface area contributed by atoms with Crippen LogP contribution in [0.15, 0.2) is 16.8 Å². The highest BCUT2D eigenvalue weighted by atomic mass is 16.4. The van der Waals surface area contributed by atoms with Gasteiger partial charge in [-0.05, 0) is 0 Å². The quantitative estimate of drug-likeness (QED) is 0.567. The Morgan fingerprint density at radius 1 is 1.29 bits per heavy atom. The standard InChI is InChI=1S/C7H5NO5.H2O/c9-3-1-4(6(10)11)8-5(2-3)7(12)13;/h1H,2H2,(H,10,11)(H,12,13);1H2. The number of hydrogen-bond donors (Lipinski definition) is 2. The van der Waals surface area contributed by atoms with Crippen LogP contribution in [0.1, 0.15) is 6.42 Å². The zero-order valence-corrected chi connectivity index (χ0v) is 6.85. The Bertz CT molecular complexity index is 353. The van der Waals surface area contributed by atoms with E-state index in [-0.39, 0.29) is 11.9 Å². The normalized spacial score (nSPS) is 15.0. The van der Waals surface area contributed by atoms with Gasteiger partial charge in [0.2, 0.25) is 0 Å². The summed E-state index contributed by atoms with van der Waals surface area (Å²) in [6.45, 7) is 0. The number of carbonyl (C=O) groups is 3. The summed E-state index contributed by atoms with van der Waals surface area (Å²) in [4.78, 5) is 34.8. The summed E-state index contributed by atoms with van der Waals surface area (Å²) in [5, 5.41) is 16.9. The monoisotopic (exact) mass is 201 g/mol. The van der Waals surface area contributed by atoms with Gasteiger partial charge in [0.05, 0.1) is 6.42 Å². The molecule has 0 bridgehead atoms. The minimum absolute atomic E-state index is 0. The average molecular weight is 201 g/mol. The summed E-state index contributed by atoms with van der Waals surface area (Å²) in [7, 11) is 0. The molecular formula is C7H7NO6. The van der Waals surface area contributed by atoms with Crippen LogP contribution in [-0.2, 0) is 14.4 Å². The fraction of sp³-hybridized carbons (Fsp3) is 0.143. The lowest BCUT2D eigenvalue weighted by atomic mass is 10.1. The van der Waals surface area contributed by atoms with Crippen molar-refractivity contribution in [3.05, 3.63) is 11.8 Å². The summed E-state index contributed by atoms with van der Waals surface area (Å²) in [5.74, 6) is -3.35. The molecule has 76 valence electrons. The Morgan fingerprint density at radius 2 is 1.86 bits per heavy atom. The highest BCUT2D eigenvalue weighted by Gasteiger charge is 2.22. The molecule has 0 spiro atoms. The first-order valence-corrected chi connectivity index (χ1v) is 3.29. The van der Waals surface area contributed by atoms with Crippen LogP contribution in [0.2, 0.25) is 0 Å². The minimum Gasteiger partial charge on any atom is -0.477 e. The van der Waals surface area contributed by atoms with E-state index in [1.54, 1.807) is 0 Å². The van der Waals surface area contributed by atoms with E-state index < -0.39 is 29.1 Å². The van der Waals surface area contributed by atoms with Gasteiger partial charge in [0.15, 0.2) is 11.5 Å². The predicted octanol–water partition coefficient (Wildman–Crippen LogP) is -1.37. The molecule has 0 saturated carbocycles. The number of allylic oxidation sites excluding steroid dienone is 1. The van der Waals surface area contributed by atoms with E-state index in [4.69, 9.17) is 10.2 Å². The topological polar surface area (TPSA) is 136 Å². The van der Waals surface area contributed by atoms with Crippen molar-refractivity contribution in [2.45, 2.75) is 6.42 Å². The highest BCUT2D eigenvalue weighted by molar-refractivity contribution is 6.41. The largest absolute Gasteiger partial charge is 0.477 e. The van der Waals surface area contributed by atoms with Crippen LogP contribution in [0, 0.1) is 0 Å². The number of carboxylic acid groups (broad SMARTS) is 2. The van der Waals surface area contributed by atoms with Gasteiger partial charge in [0.1, 0.15) is 5.71 Å². The number of ketones is 1. The van der Waals surface area contributed by atoms with Crippen LogP contribution < -0.4 is 0 Å². The van der Waals surface area contributed by atoms with Crippen LogP contribution in [0.3, 0.4) is 0 Å². The molecule has 0 atom stereocenters. The van der Waals surface area contributed by atoms with Gasteiger partial charge in [-0.2, -0.15) is 0 Å². The average Bonchev–Trinajstić information content (AvgIpc) is 2.03. The predicted molar refractivity (Wildman–Crippen MR) is 44.0 cm³/mol. The Morgan fingerprint density at radius 3 is 2.29 bits per heavy atom. The fourth-order valence-electron chi connectivity index (χ4n) is 0.819. The van der Waals surface area contributed by atoms with E-state index in [1.807, 2.05) is 0 Å². The molecule has 1 heterocycles. The molecule has 7 nitrogen and oxygen atoms in total. The Kier molecular flexibility index (Phi) is 3.66. The van der Waals surface area contributed by atoms with Crippen molar-refractivity contribution in [1.29, 1.82) is 0 Å². The van der Waals surface area contributed by atoms with Crippen molar-refractivity contribution in [1.82, 2.24) is 0 Å². The molecule has 0 unspecified atom stereocenters. The van der Waals surface area contributed by atoms with Gasteiger partial charge in [-0.25, -0.2) is 14.6 Å². The molecule has 7 heteroatoms. The molecule has 0 aromatic rings. The summed E-state index contributed by atoms with van der Waals surface area (Å²) in [6.07, 6.45) is 0.459. The highest BCUT2D eigenvalue weighted by Crippen LogP contribution is 2.08. The third-order valence-electron chi connectivity index (χ3n) is 1.36. The van der Waals surface area contributed by atoms with Crippen LogP contribution in [0.25, 0.3) is 0 Å². The molecular weight excluding hydrogens is 194 g/mol. The molecule has 1 rings (SSSR count). The number of carbonyl (C=O) groups excluding carboxylic acids is 1. The van der Waals surface area contributed by atoms with Gasteiger partial charge in [0, 0.05) is 6.08 Å². The Labute approximate surface area is 77.7 Å². The zero-order chi connectivity index (χ0) is 10.0. The molecule has 0 amide bonds. The van der Waals surface area contributed by atoms with Gasteiger partial charge < -0.3 is 15.7 Å². The molecule has 1 aliphatic rings. The van der Waals surface area contributed by atoms with Crippen molar-refractivity contribution in [2.75, 3.05) is 0 Å². The van der Waals surface area contributed by atoms with Crippen LogP contribution in [0.5, 0.6) is 0 Å². The lowest BCUT2D eigenvalue weighted by Crippen LogP contribution is -2.22. The number of aliphatic carboxylic acids is 2. The Balaban J connectivity index is 0.00000169. The lowest BCUT2D eigenvalue weighted by molar-refractivity contribution is -0.133. The van der Waals surface area contributed by atoms with Crippen molar-refractivity contribution in [3.63, 3.8) is 0 Å². The molecule has 0 fully saturated rings. The van der Waals surface area contributed by atoms with E-state index in [2.05, 4.69) is 4.99 Å². The molecule has 0 aromatic carbocycles. The van der Waals surface area contributed by atoms with Crippen molar-refractivity contribution in [3.8, 4) is 0 Å². The third kappa shape index (κ3) is 2.49. The van der Waals surface area contributed by atoms with E-state index in [9.17, 15) is 14.4 Å². The first kappa shape index (κ1) is 12.0. The molecule has 0 saturated heterocycles. The Hall–Kier alpha value is -2.02. The fourth-order valence-corrected chi connectivity index (χ4v) is 0.819. The summed E-state index contributed by atoms with van der Waals surface area (Å²) >= 11 is 0. The third-order valence-corrected chi connectivity index (χ3v) is 1.36. The van der Waals surface area contributed by atoms with E-state index in [0.29, 0.717) is 0 Å². The van der Waals surface area contributed by atoms with Crippen molar-refractivity contribution >= 4 is 23.4 Å². The molecule has 14 heavy (non-hydrogen) atoms. The van der Waals surface area contributed by atoms with Crippen molar-refractivity contribution < 1.29 is 30.1 Å². The second-order valence-corrected chi connectivity index (χ2v) is 2.34. The number of aliphatic imine (C=N–C) groups is 1. The van der Waals surface area contributed by atoms with E-state index in [0.717, 1.165) is 6.08 Å². The lowest BCUT2D eigenvalue weighted by Gasteiger charge is -2.04. The maximum Gasteiger partial charge on any atom is 0.354 e. The summed E-state index contributed by atoms with van der Waals surface area (Å²) in [5.41, 5.74) is -0.974. The van der Waals surface area contributed by atoms with Crippen LogP contribution in [-0.4, -0.2) is 39.1 Å². The SMILES string of the molecule is O.O=C1C=C(C(=O)O)N=C(C(=O)O)C1. The maximum atomic E-state index is 10.8.